The average Bonchev–Trinajstić information content (AvgIpc) is 3.20. The molecule has 0 saturated carbocycles. The van der Waals surface area contributed by atoms with Gasteiger partial charge in [-0.2, -0.15) is 0 Å². The first-order chi connectivity index (χ1) is 12.4. The van der Waals surface area contributed by atoms with Crippen LogP contribution in [0, 0.1) is 0 Å². The molecule has 3 nitrogen and oxygen atoms in total. The maximum absolute atomic E-state index is 4.69. The van der Waals surface area contributed by atoms with E-state index in [4.69, 9.17) is 4.98 Å². The third-order valence-corrected chi connectivity index (χ3v) is 5.04. The van der Waals surface area contributed by atoms with Crippen molar-refractivity contribution in [3.8, 4) is 11.4 Å². The summed E-state index contributed by atoms with van der Waals surface area (Å²) >= 11 is 0. The summed E-state index contributed by atoms with van der Waals surface area (Å²) in [5.74, 6) is 0. The van der Waals surface area contributed by atoms with Crippen LogP contribution < -0.4 is 0 Å². The van der Waals surface area contributed by atoms with E-state index in [0.29, 0.717) is 0 Å². The maximum Gasteiger partial charge on any atom is 0.0893 e. The molecule has 0 saturated heterocycles. The van der Waals surface area contributed by atoms with Gasteiger partial charge in [-0.05, 0) is 24.3 Å². The largest absolute Gasteiger partial charge is 0.306 e. The molecular formula is C22H13N3. The molecule has 0 radical (unpaired) electrons. The smallest absolute Gasteiger partial charge is 0.0893 e. The molecule has 0 aliphatic carbocycles. The quantitative estimate of drug-likeness (QED) is 0.412. The fourth-order valence-electron chi connectivity index (χ4n) is 3.98. The number of hydrogen-bond acceptors (Lipinski definition) is 2. The van der Waals surface area contributed by atoms with Crippen LogP contribution in [0.2, 0.25) is 0 Å². The van der Waals surface area contributed by atoms with E-state index in [1.165, 1.54) is 32.6 Å². The molecule has 0 amide bonds. The lowest BCUT2D eigenvalue weighted by molar-refractivity contribution is 1.25. The van der Waals surface area contributed by atoms with Crippen molar-refractivity contribution in [1.29, 1.82) is 0 Å². The van der Waals surface area contributed by atoms with Gasteiger partial charge >= 0.3 is 0 Å². The summed E-state index contributed by atoms with van der Waals surface area (Å²) in [4.78, 5) is 9.13. The standard InChI is InChI=1S/C22H13N3/c1-2-10-20-14(6-1)15-7-5-8-16-17-12-19(18-9-3-4-11-23-18)24-13-21(17)25(20)22(15)16/h1-13H. The van der Waals surface area contributed by atoms with E-state index in [9.17, 15) is 0 Å². The summed E-state index contributed by atoms with van der Waals surface area (Å²) in [5, 5.41) is 5.08. The van der Waals surface area contributed by atoms with Gasteiger partial charge in [0, 0.05) is 27.7 Å². The van der Waals surface area contributed by atoms with E-state index in [-0.39, 0.29) is 0 Å². The van der Waals surface area contributed by atoms with Gasteiger partial charge in [-0.1, -0.05) is 42.5 Å². The Balaban J connectivity index is 1.82. The van der Waals surface area contributed by atoms with Crippen molar-refractivity contribution in [3.05, 3.63) is 79.1 Å². The molecule has 116 valence electrons. The van der Waals surface area contributed by atoms with E-state index in [1.807, 2.05) is 30.6 Å². The number of para-hydroxylation sites is 2. The Bertz CT molecular complexity index is 1380. The fourth-order valence-corrected chi connectivity index (χ4v) is 3.98. The molecule has 0 spiro atoms. The molecule has 0 aliphatic rings. The Morgan fingerprint density at radius 1 is 0.600 bits per heavy atom. The predicted octanol–water partition coefficient (Wildman–Crippen LogP) is 5.29. The van der Waals surface area contributed by atoms with Crippen LogP contribution in [0.4, 0.5) is 0 Å². The van der Waals surface area contributed by atoms with E-state index in [0.717, 1.165) is 16.9 Å². The van der Waals surface area contributed by atoms with E-state index >= 15 is 0 Å². The molecule has 6 aromatic rings. The highest BCUT2D eigenvalue weighted by Gasteiger charge is 2.17. The summed E-state index contributed by atoms with van der Waals surface area (Å²) in [7, 11) is 0. The van der Waals surface area contributed by atoms with Crippen molar-refractivity contribution < 1.29 is 0 Å². The number of pyridine rings is 2. The summed E-state index contributed by atoms with van der Waals surface area (Å²) in [6.45, 7) is 0. The Hall–Kier alpha value is -3.46. The molecule has 25 heavy (non-hydrogen) atoms. The fraction of sp³-hybridized carbons (Fsp3) is 0. The summed E-state index contributed by atoms with van der Waals surface area (Å²) < 4.78 is 2.34. The highest BCUT2D eigenvalue weighted by molar-refractivity contribution is 6.23. The molecule has 0 bridgehead atoms. The minimum Gasteiger partial charge on any atom is -0.306 e. The number of rotatable bonds is 1. The van der Waals surface area contributed by atoms with Gasteiger partial charge in [0.2, 0.25) is 0 Å². The monoisotopic (exact) mass is 319 g/mol. The minimum atomic E-state index is 0.902. The Kier molecular flexibility index (Phi) is 2.35. The van der Waals surface area contributed by atoms with Gasteiger partial charge in [0.25, 0.3) is 0 Å². The second kappa shape index (κ2) is 4.54. The lowest BCUT2D eigenvalue weighted by Crippen LogP contribution is -1.87. The summed E-state index contributed by atoms with van der Waals surface area (Å²) in [5.41, 5.74) is 5.46. The molecule has 0 aliphatic heterocycles. The van der Waals surface area contributed by atoms with Gasteiger partial charge in [0.05, 0.1) is 34.1 Å². The third-order valence-electron chi connectivity index (χ3n) is 5.04. The zero-order valence-electron chi connectivity index (χ0n) is 13.3. The van der Waals surface area contributed by atoms with Crippen LogP contribution in [0.3, 0.4) is 0 Å². The van der Waals surface area contributed by atoms with Crippen molar-refractivity contribution >= 4 is 38.1 Å². The third kappa shape index (κ3) is 1.59. The Labute approximate surface area is 143 Å². The van der Waals surface area contributed by atoms with Gasteiger partial charge in [-0.25, -0.2) is 0 Å². The Morgan fingerprint density at radius 3 is 2.28 bits per heavy atom. The lowest BCUT2D eigenvalue weighted by Gasteiger charge is -2.01. The normalized spacial score (nSPS) is 12.0. The number of benzene rings is 2. The van der Waals surface area contributed by atoms with Crippen LogP contribution in [-0.4, -0.2) is 14.4 Å². The SMILES string of the molecule is c1ccc(-c2cc3c4cccc5c6ccccc6n(c3cn2)c54)nc1. The topological polar surface area (TPSA) is 30.2 Å². The van der Waals surface area contributed by atoms with Gasteiger partial charge in [0.1, 0.15) is 0 Å². The van der Waals surface area contributed by atoms with Crippen LogP contribution in [-0.2, 0) is 0 Å². The summed E-state index contributed by atoms with van der Waals surface area (Å²) in [6.07, 6.45) is 3.78. The molecule has 0 atom stereocenters. The molecule has 2 aromatic carbocycles. The lowest BCUT2D eigenvalue weighted by atomic mass is 10.1. The first kappa shape index (κ1) is 12.9. The first-order valence-electron chi connectivity index (χ1n) is 8.36. The van der Waals surface area contributed by atoms with Gasteiger partial charge < -0.3 is 4.40 Å². The van der Waals surface area contributed by atoms with Gasteiger partial charge in [-0.15, -0.1) is 0 Å². The first-order valence-corrected chi connectivity index (χ1v) is 8.36. The molecule has 0 N–H and O–H groups in total. The van der Waals surface area contributed by atoms with E-state index in [1.54, 1.807) is 0 Å². The van der Waals surface area contributed by atoms with Crippen LogP contribution in [0.25, 0.3) is 49.5 Å². The van der Waals surface area contributed by atoms with Gasteiger partial charge in [0.15, 0.2) is 0 Å². The number of aromatic nitrogens is 3. The van der Waals surface area contributed by atoms with E-state index < -0.39 is 0 Å². The van der Waals surface area contributed by atoms with Crippen molar-refractivity contribution in [2.24, 2.45) is 0 Å². The molecule has 4 aromatic heterocycles. The van der Waals surface area contributed by atoms with Crippen molar-refractivity contribution in [3.63, 3.8) is 0 Å². The van der Waals surface area contributed by atoms with Gasteiger partial charge in [-0.3, -0.25) is 9.97 Å². The number of hydrogen-bond donors (Lipinski definition) is 0. The molecule has 6 rings (SSSR count). The average molecular weight is 319 g/mol. The van der Waals surface area contributed by atoms with E-state index in [2.05, 4.69) is 57.9 Å². The molecular weight excluding hydrogens is 306 g/mol. The second-order valence-electron chi connectivity index (χ2n) is 6.36. The molecule has 0 unspecified atom stereocenters. The van der Waals surface area contributed by atoms with Crippen molar-refractivity contribution in [2.75, 3.05) is 0 Å². The highest BCUT2D eigenvalue weighted by atomic mass is 14.9. The summed E-state index contributed by atoms with van der Waals surface area (Å²) in [6, 6.07) is 23.2. The van der Waals surface area contributed by atoms with Crippen LogP contribution in [0.15, 0.2) is 79.1 Å². The highest BCUT2D eigenvalue weighted by Crippen LogP contribution is 2.39. The predicted molar refractivity (Wildman–Crippen MR) is 102 cm³/mol. The minimum absolute atomic E-state index is 0.902. The maximum atomic E-state index is 4.69. The van der Waals surface area contributed by atoms with Crippen LogP contribution in [0.5, 0.6) is 0 Å². The van der Waals surface area contributed by atoms with Crippen LogP contribution >= 0.6 is 0 Å². The van der Waals surface area contributed by atoms with Crippen molar-refractivity contribution in [2.45, 2.75) is 0 Å². The van der Waals surface area contributed by atoms with Crippen LogP contribution in [0.1, 0.15) is 0 Å². The number of fused-ring (bicyclic) bond motifs is 6. The molecule has 0 fully saturated rings. The zero-order chi connectivity index (χ0) is 16.4. The Morgan fingerprint density at radius 2 is 1.40 bits per heavy atom. The molecule has 4 heterocycles. The zero-order valence-corrected chi connectivity index (χ0v) is 13.3. The second-order valence-corrected chi connectivity index (χ2v) is 6.36. The number of nitrogens with zero attached hydrogens (tertiary/aromatic N) is 3. The molecule has 3 heteroatoms. The van der Waals surface area contributed by atoms with Crippen molar-refractivity contribution in [1.82, 2.24) is 14.4 Å².